The average Bonchev–Trinajstić information content (AvgIpc) is 2.03. The van der Waals surface area contributed by atoms with E-state index in [4.69, 9.17) is 5.41 Å². The molecule has 1 N–H and O–H groups in total. The molecule has 68 valence electrons. The van der Waals surface area contributed by atoms with Crippen LogP contribution in [0.2, 0.25) is 0 Å². The van der Waals surface area contributed by atoms with E-state index in [1.807, 2.05) is 13.8 Å². The molecule has 1 heteroatoms. The summed E-state index contributed by atoms with van der Waals surface area (Å²) in [6, 6.07) is 0. The third kappa shape index (κ3) is 2.65. The van der Waals surface area contributed by atoms with Gasteiger partial charge in [0.15, 0.2) is 0 Å². The Morgan fingerprint density at radius 1 is 1.50 bits per heavy atom. The van der Waals surface area contributed by atoms with Crippen LogP contribution in [0.1, 0.15) is 34.1 Å². The van der Waals surface area contributed by atoms with Crippen LogP contribution in [-0.4, -0.2) is 6.21 Å². The Balaban J connectivity index is 4.67. The maximum atomic E-state index is 7.25. The third-order valence-corrected chi connectivity index (χ3v) is 2.24. The predicted molar refractivity (Wildman–Crippen MR) is 55.8 cm³/mol. The fraction of sp³-hybridized carbons (Fsp3) is 0.545. The smallest absolute Gasteiger partial charge is 0.0252 e. The molecular formula is C11H19N. The summed E-state index contributed by atoms with van der Waals surface area (Å²) in [5.74, 6) is 0.483. The van der Waals surface area contributed by atoms with Gasteiger partial charge in [0.05, 0.1) is 0 Å². The van der Waals surface area contributed by atoms with E-state index in [0.29, 0.717) is 5.92 Å². The lowest BCUT2D eigenvalue weighted by molar-refractivity contribution is 0.668. The van der Waals surface area contributed by atoms with E-state index in [2.05, 4.69) is 20.4 Å². The average molecular weight is 165 g/mol. The second kappa shape index (κ2) is 4.91. The third-order valence-electron chi connectivity index (χ3n) is 2.24. The first-order chi connectivity index (χ1) is 5.54. The van der Waals surface area contributed by atoms with Crippen LogP contribution in [0.15, 0.2) is 23.3 Å². The first-order valence-corrected chi connectivity index (χ1v) is 4.41. The highest BCUT2D eigenvalue weighted by Gasteiger charge is 2.08. The van der Waals surface area contributed by atoms with Gasteiger partial charge in [-0.05, 0) is 37.3 Å². The van der Waals surface area contributed by atoms with Crippen LogP contribution in [0.25, 0.3) is 0 Å². The Labute approximate surface area is 75.7 Å². The fourth-order valence-electron chi connectivity index (χ4n) is 1.07. The van der Waals surface area contributed by atoms with Gasteiger partial charge in [-0.2, -0.15) is 0 Å². The summed E-state index contributed by atoms with van der Waals surface area (Å²) < 4.78 is 0. The summed E-state index contributed by atoms with van der Waals surface area (Å²) in [4.78, 5) is 0. The molecule has 0 spiro atoms. The summed E-state index contributed by atoms with van der Waals surface area (Å²) in [5, 5.41) is 7.25. The van der Waals surface area contributed by atoms with Crippen LogP contribution in [0.3, 0.4) is 0 Å². The van der Waals surface area contributed by atoms with Crippen LogP contribution < -0.4 is 0 Å². The second-order valence-corrected chi connectivity index (χ2v) is 3.39. The summed E-state index contributed by atoms with van der Waals surface area (Å²) in [6.45, 7) is 12.3. The lowest BCUT2D eigenvalue weighted by atomic mass is 9.91. The number of hydrogen-bond acceptors (Lipinski definition) is 1. The molecular weight excluding hydrogens is 146 g/mol. The summed E-state index contributed by atoms with van der Waals surface area (Å²) in [7, 11) is 0. The highest BCUT2D eigenvalue weighted by atomic mass is 14.3. The van der Waals surface area contributed by atoms with Gasteiger partial charge in [0, 0.05) is 6.21 Å². The Bertz CT molecular complexity index is 207. The molecule has 1 unspecified atom stereocenters. The molecule has 0 saturated heterocycles. The Morgan fingerprint density at radius 3 is 2.25 bits per heavy atom. The van der Waals surface area contributed by atoms with Crippen molar-refractivity contribution in [3.8, 4) is 0 Å². The minimum atomic E-state index is 0.483. The zero-order valence-electron chi connectivity index (χ0n) is 8.57. The minimum absolute atomic E-state index is 0.483. The molecule has 1 atom stereocenters. The van der Waals surface area contributed by atoms with Crippen molar-refractivity contribution in [1.29, 1.82) is 5.41 Å². The van der Waals surface area contributed by atoms with E-state index in [1.54, 1.807) is 0 Å². The second-order valence-electron chi connectivity index (χ2n) is 3.39. The number of allylic oxidation sites excluding steroid dienone is 3. The molecule has 0 aliphatic carbocycles. The molecule has 0 rings (SSSR count). The molecule has 1 nitrogen and oxygen atoms in total. The van der Waals surface area contributed by atoms with Crippen LogP contribution in [0, 0.1) is 11.3 Å². The molecule has 0 amide bonds. The zero-order valence-corrected chi connectivity index (χ0v) is 8.57. The van der Waals surface area contributed by atoms with Gasteiger partial charge in [-0.3, -0.25) is 0 Å². The Hall–Kier alpha value is -0.850. The molecule has 0 aromatic heterocycles. The highest BCUT2D eigenvalue weighted by molar-refractivity contribution is 5.83. The van der Waals surface area contributed by atoms with Gasteiger partial charge in [0.1, 0.15) is 0 Å². The molecule has 0 radical (unpaired) electrons. The fourth-order valence-corrected chi connectivity index (χ4v) is 1.07. The van der Waals surface area contributed by atoms with Crippen molar-refractivity contribution in [3.63, 3.8) is 0 Å². The first kappa shape index (κ1) is 11.2. The van der Waals surface area contributed by atoms with Crippen molar-refractivity contribution in [3.05, 3.63) is 23.3 Å². The SMILES string of the molecule is C=C(C(C=N)=C(C)C)C(C)CC. The Kier molecular flexibility index (Phi) is 4.57. The van der Waals surface area contributed by atoms with E-state index in [1.165, 1.54) is 11.8 Å². The summed E-state index contributed by atoms with van der Waals surface area (Å²) >= 11 is 0. The van der Waals surface area contributed by atoms with E-state index in [9.17, 15) is 0 Å². The molecule has 0 saturated carbocycles. The maximum absolute atomic E-state index is 7.25. The number of nitrogens with one attached hydrogen (secondary N) is 1. The van der Waals surface area contributed by atoms with Gasteiger partial charge >= 0.3 is 0 Å². The summed E-state index contributed by atoms with van der Waals surface area (Å²) in [5.41, 5.74) is 3.27. The van der Waals surface area contributed by atoms with Gasteiger partial charge in [-0.15, -0.1) is 0 Å². The van der Waals surface area contributed by atoms with Crippen LogP contribution in [0.5, 0.6) is 0 Å². The molecule has 12 heavy (non-hydrogen) atoms. The van der Waals surface area contributed by atoms with Crippen molar-refractivity contribution in [2.75, 3.05) is 0 Å². The van der Waals surface area contributed by atoms with E-state index < -0.39 is 0 Å². The van der Waals surface area contributed by atoms with Gasteiger partial charge in [-0.1, -0.05) is 26.0 Å². The van der Waals surface area contributed by atoms with Crippen LogP contribution in [0.4, 0.5) is 0 Å². The quantitative estimate of drug-likeness (QED) is 0.486. The van der Waals surface area contributed by atoms with E-state index in [-0.39, 0.29) is 0 Å². The maximum Gasteiger partial charge on any atom is 0.0252 e. The number of rotatable bonds is 4. The lowest BCUT2D eigenvalue weighted by Crippen LogP contribution is -2.02. The van der Waals surface area contributed by atoms with Crippen molar-refractivity contribution in [2.45, 2.75) is 34.1 Å². The predicted octanol–water partition coefficient (Wildman–Crippen LogP) is 3.57. The van der Waals surface area contributed by atoms with Crippen molar-refractivity contribution >= 4 is 6.21 Å². The van der Waals surface area contributed by atoms with Crippen LogP contribution in [-0.2, 0) is 0 Å². The van der Waals surface area contributed by atoms with Crippen molar-refractivity contribution in [2.24, 2.45) is 5.92 Å². The molecule has 0 aromatic rings. The number of hydrogen-bond donors (Lipinski definition) is 1. The molecule has 0 heterocycles. The standard InChI is InChI=1S/C11H19N/c1-6-9(4)10(5)11(7-12)8(2)3/h7,9,12H,5-6H2,1-4H3. The summed E-state index contributed by atoms with van der Waals surface area (Å²) in [6.07, 6.45) is 2.49. The van der Waals surface area contributed by atoms with Gasteiger partial charge < -0.3 is 5.41 Å². The normalized spacial score (nSPS) is 12.0. The van der Waals surface area contributed by atoms with Crippen molar-refractivity contribution < 1.29 is 0 Å². The molecule has 0 aliphatic heterocycles. The van der Waals surface area contributed by atoms with Crippen LogP contribution >= 0.6 is 0 Å². The van der Waals surface area contributed by atoms with Gasteiger partial charge in [0.25, 0.3) is 0 Å². The monoisotopic (exact) mass is 165 g/mol. The van der Waals surface area contributed by atoms with Crippen molar-refractivity contribution in [1.82, 2.24) is 0 Å². The topological polar surface area (TPSA) is 23.9 Å². The van der Waals surface area contributed by atoms with E-state index >= 15 is 0 Å². The molecule has 0 aliphatic rings. The molecule has 0 fully saturated rings. The first-order valence-electron chi connectivity index (χ1n) is 4.41. The largest absolute Gasteiger partial charge is 0.308 e. The Morgan fingerprint density at radius 2 is 2.00 bits per heavy atom. The van der Waals surface area contributed by atoms with E-state index in [0.717, 1.165) is 17.6 Å². The van der Waals surface area contributed by atoms with Gasteiger partial charge in [-0.25, -0.2) is 0 Å². The van der Waals surface area contributed by atoms with Gasteiger partial charge in [0.2, 0.25) is 0 Å². The highest BCUT2D eigenvalue weighted by Crippen LogP contribution is 2.21. The minimum Gasteiger partial charge on any atom is -0.308 e. The molecule has 0 aromatic carbocycles. The lowest BCUT2D eigenvalue weighted by Gasteiger charge is -2.14. The zero-order chi connectivity index (χ0) is 9.72. The molecule has 0 bridgehead atoms.